The minimum atomic E-state index is -1.44. The van der Waals surface area contributed by atoms with Gasteiger partial charge in [0.15, 0.2) is 6.10 Å². The summed E-state index contributed by atoms with van der Waals surface area (Å²) >= 11 is 2.30. The first-order valence-electron chi connectivity index (χ1n) is 30.3. The summed E-state index contributed by atoms with van der Waals surface area (Å²) in [6.07, 6.45) is 0.480. The van der Waals surface area contributed by atoms with Gasteiger partial charge in [-0.1, -0.05) is 118 Å². The molecule has 0 aromatic heterocycles. The molecule has 500 valence electrons. The molecule has 0 unspecified atom stereocenters. The zero-order valence-electron chi connectivity index (χ0n) is 52.7. The lowest BCUT2D eigenvalue weighted by Gasteiger charge is -2.44. The predicted molar refractivity (Wildman–Crippen MR) is 346 cm³/mol. The molecule has 0 amide bonds. The van der Waals surface area contributed by atoms with Gasteiger partial charge in [0.2, 0.25) is 0 Å². The van der Waals surface area contributed by atoms with E-state index in [1.807, 2.05) is 49.4 Å². The number of esters is 4. The molecule has 20 nitrogen and oxygen atoms in total. The Labute approximate surface area is 550 Å². The van der Waals surface area contributed by atoms with E-state index in [1.165, 1.54) is 36.8 Å². The molecule has 4 heterocycles. The van der Waals surface area contributed by atoms with E-state index in [1.54, 1.807) is 42.5 Å². The summed E-state index contributed by atoms with van der Waals surface area (Å²) < 4.78 is 46.2. The predicted octanol–water partition coefficient (Wildman–Crippen LogP) is 6.25. The summed E-state index contributed by atoms with van der Waals surface area (Å²) in [5, 5.41) is 78.8. The molecule has 0 radical (unpaired) electrons. The number of rotatable bonds is 16. The van der Waals surface area contributed by atoms with Crippen molar-refractivity contribution in [3.8, 4) is 24.2 Å². The van der Waals surface area contributed by atoms with Gasteiger partial charge in [-0.2, -0.15) is 0 Å². The Hall–Kier alpha value is -6.46. The number of carbonyl (C=O) groups is 4. The summed E-state index contributed by atoms with van der Waals surface area (Å²) in [7, 11) is 0. The van der Waals surface area contributed by atoms with Crippen molar-refractivity contribution in [3.05, 3.63) is 152 Å². The highest BCUT2D eigenvalue weighted by molar-refractivity contribution is 14.1. The molecule has 0 bridgehead atoms. The smallest absolute Gasteiger partial charge is 0.303 e. The van der Waals surface area contributed by atoms with Gasteiger partial charge in [0.1, 0.15) is 79.9 Å². The van der Waals surface area contributed by atoms with E-state index >= 15 is 0 Å². The lowest BCUT2D eigenvalue weighted by Crippen LogP contribution is -2.58. The lowest BCUT2D eigenvalue weighted by atomic mass is 9.79. The van der Waals surface area contributed by atoms with Gasteiger partial charge in [-0.25, -0.2) is 0 Å². The molecule has 4 aliphatic heterocycles. The molecular weight excluding hydrogens is 1310 g/mol. The first kappa shape index (κ1) is 76.3. The van der Waals surface area contributed by atoms with Crippen LogP contribution < -0.4 is 0 Å². The molecule has 20 atom stereocenters. The van der Waals surface area contributed by atoms with Crippen LogP contribution in [0.4, 0.5) is 4.70 Å². The number of ether oxygens (including phenoxy) is 8. The Bertz CT molecular complexity index is 3140. The number of aliphatic hydroxyl groups excluding tert-OH is 8. The normalized spacial score (nSPS) is 30.9. The Morgan fingerprint density at radius 3 is 1.41 bits per heavy atom. The molecule has 4 aliphatic rings. The van der Waals surface area contributed by atoms with E-state index in [-0.39, 0.29) is 47.9 Å². The Balaban J connectivity index is 0.000000258. The van der Waals surface area contributed by atoms with E-state index in [2.05, 4.69) is 97.5 Å². The second-order valence-corrected chi connectivity index (χ2v) is 24.3. The third-order valence-electron chi connectivity index (χ3n) is 16.4. The van der Waals surface area contributed by atoms with Gasteiger partial charge in [0, 0.05) is 59.8 Å². The molecule has 0 saturated carbocycles. The highest BCUT2D eigenvalue weighted by atomic mass is 127. The van der Waals surface area contributed by atoms with E-state index in [0.29, 0.717) is 23.0 Å². The second kappa shape index (κ2) is 36.8. The summed E-state index contributed by atoms with van der Waals surface area (Å²) in [6.45, 7) is 12.5. The topological polar surface area (TPSA) is 304 Å². The van der Waals surface area contributed by atoms with E-state index in [0.717, 1.165) is 35.1 Å². The summed E-state index contributed by atoms with van der Waals surface area (Å²) in [5.41, 5.74) is 5.66. The van der Waals surface area contributed by atoms with E-state index in [9.17, 15) is 60.0 Å². The molecule has 0 spiro atoms. The average Bonchev–Trinajstić information content (AvgIpc) is 0.839. The molecule has 8 N–H and O–H groups in total. The van der Waals surface area contributed by atoms with E-state index in [4.69, 9.17) is 44.3 Å². The van der Waals surface area contributed by atoms with Gasteiger partial charge in [-0.15, -0.1) is 6.42 Å². The zero-order chi connectivity index (χ0) is 66.6. The molecule has 0 aliphatic carbocycles. The maximum atomic E-state index is 11.7. The SMILES string of the molecule is C#Cc1ccc([C@H]2O[C@H](COC(C)=O)[C@@H](OC(C)=O)[C@H](OC(C)=O)[C@@H]2C)cc1.CC[C@H]1O[C@H](C/C=C/c2ccc(I)cc2)[C@@H](OC(C)=O)[C@@H](C)[C@@H]1C.F.OC[C@H]1O[C@H](C/C=C/c2ccc(C#Cc3ccc([C@H]4O[C@H](CO)[C@@H](O)[C@H](O)[C@@H]4O)cc3)cc2)[C@@H](O)[C@@H](O)[C@@H]1O. The van der Waals surface area contributed by atoms with Crippen LogP contribution in [0.1, 0.15) is 126 Å². The van der Waals surface area contributed by atoms with Crippen LogP contribution in [0, 0.1) is 45.5 Å². The maximum absolute atomic E-state index is 11.7. The van der Waals surface area contributed by atoms with Crippen molar-refractivity contribution in [1.82, 2.24) is 0 Å². The molecule has 8 rings (SSSR count). The van der Waals surface area contributed by atoms with Gasteiger partial charge in [0.25, 0.3) is 0 Å². The van der Waals surface area contributed by atoms with Gasteiger partial charge < -0.3 is 78.7 Å². The van der Waals surface area contributed by atoms with Crippen LogP contribution in [0.15, 0.2) is 109 Å². The zero-order valence-corrected chi connectivity index (χ0v) is 54.8. The van der Waals surface area contributed by atoms with Gasteiger partial charge in [-0.05, 0) is 119 Å². The third-order valence-corrected chi connectivity index (χ3v) is 17.2. The van der Waals surface area contributed by atoms with Crippen molar-refractivity contribution >= 4 is 58.6 Å². The Kier molecular flexibility index (Phi) is 30.5. The van der Waals surface area contributed by atoms with E-state index < -0.39 is 117 Å². The van der Waals surface area contributed by atoms with Crippen molar-refractivity contribution < 1.29 is 103 Å². The quantitative estimate of drug-likeness (QED) is 0.0266. The minimum absolute atomic E-state index is 0. The molecule has 92 heavy (non-hydrogen) atoms. The molecule has 4 saturated heterocycles. The summed E-state index contributed by atoms with van der Waals surface area (Å²) in [6, 6.07) is 30.0. The van der Waals surface area contributed by atoms with Crippen LogP contribution >= 0.6 is 22.6 Å². The fraction of sp³-hybridized carbons (Fsp3) is 0.486. The van der Waals surface area contributed by atoms with Crippen molar-refractivity contribution in [1.29, 1.82) is 0 Å². The highest BCUT2D eigenvalue weighted by Crippen LogP contribution is 2.41. The largest absolute Gasteiger partial charge is 0.463 e. The number of aliphatic hydroxyl groups is 8. The van der Waals surface area contributed by atoms with Crippen molar-refractivity contribution in [2.45, 2.75) is 178 Å². The maximum Gasteiger partial charge on any atom is 0.303 e. The summed E-state index contributed by atoms with van der Waals surface area (Å²) in [4.78, 5) is 46.1. The second-order valence-electron chi connectivity index (χ2n) is 23.0. The number of hydrogen-bond acceptors (Lipinski definition) is 20. The Morgan fingerprint density at radius 2 is 0.913 bits per heavy atom. The highest BCUT2D eigenvalue weighted by Gasteiger charge is 2.49. The fourth-order valence-electron chi connectivity index (χ4n) is 11.3. The summed E-state index contributed by atoms with van der Waals surface area (Å²) in [5.74, 6) is 7.23. The standard InChI is InChI=1S/C29H34O10.C21H24O7.C20H27IO3.FH/c30-14-21-24(33)26(35)23(32)20(38-21)3-1-2-16-4-6-17(7-5-16)8-9-18-10-12-19(13-11-18)29-28(37)27(36)25(34)22(15-31)39-29;1-6-16-7-9-17(10-8-16)19-12(2)20(26-14(4)23)21(27-15(5)24)18(28-19)11-25-13(3)22;1-5-18-13(2)14(3)20(23-15(4)22)19(24-18)8-6-7-16-9-11-17(21)12-10-16;/h1-2,4-7,10-13,20-37H,3,14-15H2;1,7-10,12,18-21H,11H2,2-5H3;6-7,9-14,18-20H,5,8H2,1-4H3;1H/b2-1+;;7-6+;/t20-,21-,22-,23-,24-,25-,26-,27+,28+,29-;12-,18-,19+,20-,21-;13-,14-,18+,19+,20-;/m110./s1. The van der Waals surface area contributed by atoms with Crippen molar-refractivity contribution in [2.24, 2.45) is 17.8 Å². The fourth-order valence-corrected chi connectivity index (χ4v) is 11.6. The molecule has 4 aromatic rings. The lowest BCUT2D eigenvalue weighted by molar-refractivity contribution is -0.232. The molecule has 4 aromatic carbocycles. The molecular formula is C70H86FIO20. The van der Waals surface area contributed by atoms with Gasteiger partial charge >= 0.3 is 23.9 Å². The van der Waals surface area contributed by atoms with Crippen LogP contribution in [-0.4, -0.2) is 176 Å². The molecule has 22 heteroatoms. The molecule has 4 fully saturated rings. The Morgan fingerprint density at radius 1 is 0.489 bits per heavy atom. The minimum Gasteiger partial charge on any atom is -0.463 e. The number of halogens is 2. The number of hydrogen-bond donors (Lipinski definition) is 8. The van der Waals surface area contributed by atoms with Gasteiger partial charge in [-0.3, -0.25) is 23.9 Å². The van der Waals surface area contributed by atoms with Crippen LogP contribution in [0.25, 0.3) is 12.2 Å². The van der Waals surface area contributed by atoms with Crippen molar-refractivity contribution in [3.63, 3.8) is 0 Å². The first-order valence-corrected chi connectivity index (χ1v) is 31.4. The number of terminal acetylenes is 1. The van der Waals surface area contributed by atoms with Crippen molar-refractivity contribution in [2.75, 3.05) is 19.8 Å². The average molecular weight is 1390 g/mol. The number of carbonyl (C=O) groups excluding carboxylic acids is 4. The first-order chi connectivity index (χ1) is 43.4. The van der Waals surface area contributed by atoms with Gasteiger partial charge in [0.05, 0.1) is 37.6 Å². The monoisotopic (exact) mass is 1390 g/mol. The third kappa shape index (κ3) is 21.3. The van der Waals surface area contributed by atoms with Crippen LogP contribution in [0.2, 0.25) is 0 Å². The van der Waals surface area contributed by atoms with Crippen LogP contribution in [-0.2, 0) is 57.1 Å². The van der Waals surface area contributed by atoms with Crippen LogP contribution in [0.5, 0.6) is 0 Å². The number of benzene rings is 4. The van der Waals surface area contributed by atoms with Crippen LogP contribution in [0.3, 0.4) is 0 Å².